The van der Waals surface area contributed by atoms with Crippen molar-refractivity contribution < 1.29 is 23.4 Å². The number of morpholine rings is 1. The van der Waals surface area contributed by atoms with Gasteiger partial charge < -0.3 is 28.8 Å². The van der Waals surface area contributed by atoms with Crippen LogP contribution >= 0.6 is 0 Å². The lowest BCUT2D eigenvalue weighted by atomic mass is 10.1. The second-order valence-electron chi connectivity index (χ2n) is 6.93. The average Bonchev–Trinajstić information content (AvgIpc) is 3.09. The van der Waals surface area contributed by atoms with E-state index < -0.39 is 0 Å². The Hall–Kier alpha value is -3.33. The third-order valence-corrected chi connectivity index (χ3v) is 5.00. The highest BCUT2D eigenvalue weighted by molar-refractivity contribution is 6.15. The molecule has 158 valence electrons. The van der Waals surface area contributed by atoms with Gasteiger partial charge in [0.1, 0.15) is 17.4 Å². The van der Waals surface area contributed by atoms with Crippen LogP contribution in [0.15, 0.2) is 22.6 Å². The predicted molar refractivity (Wildman–Crippen MR) is 112 cm³/mol. The summed E-state index contributed by atoms with van der Waals surface area (Å²) < 4.78 is 21.9. The molecule has 0 radical (unpaired) electrons. The van der Waals surface area contributed by atoms with E-state index in [2.05, 4.69) is 20.2 Å². The van der Waals surface area contributed by atoms with E-state index in [9.17, 15) is 4.79 Å². The van der Waals surface area contributed by atoms with Crippen LogP contribution in [0.25, 0.3) is 11.1 Å². The molecule has 9 nitrogen and oxygen atoms in total. The summed E-state index contributed by atoms with van der Waals surface area (Å²) in [5, 5.41) is 3.52. The molecular formula is C21H24N4O5. The van der Waals surface area contributed by atoms with Crippen LogP contribution in [0, 0.1) is 13.8 Å². The van der Waals surface area contributed by atoms with Crippen LogP contribution in [0.2, 0.25) is 0 Å². The first-order chi connectivity index (χ1) is 14.5. The number of aryl methyl sites for hydroxylation is 2. The summed E-state index contributed by atoms with van der Waals surface area (Å²) in [6, 6.07) is 5.19. The molecule has 3 heterocycles. The number of methoxy groups -OCH3 is 2. The molecule has 1 aromatic carbocycles. The van der Waals surface area contributed by atoms with Gasteiger partial charge in [0.25, 0.3) is 5.91 Å². The molecule has 0 spiro atoms. The number of furan rings is 1. The molecule has 0 atom stereocenters. The van der Waals surface area contributed by atoms with Crippen LogP contribution in [0.3, 0.4) is 0 Å². The van der Waals surface area contributed by atoms with E-state index in [1.54, 1.807) is 39.3 Å². The monoisotopic (exact) mass is 412 g/mol. The molecule has 2 aromatic heterocycles. The number of ether oxygens (including phenoxy) is 3. The van der Waals surface area contributed by atoms with Gasteiger partial charge in [0.05, 0.1) is 38.4 Å². The zero-order valence-electron chi connectivity index (χ0n) is 17.4. The Morgan fingerprint density at radius 3 is 2.53 bits per heavy atom. The molecule has 1 amide bonds. The Morgan fingerprint density at radius 2 is 1.83 bits per heavy atom. The van der Waals surface area contributed by atoms with Crippen molar-refractivity contribution in [2.45, 2.75) is 13.8 Å². The zero-order chi connectivity index (χ0) is 21.3. The number of rotatable bonds is 5. The number of carbonyl (C=O) groups is 1. The Morgan fingerprint density at radius 1 is 1.10 bits per heavy atom. The Balaban J connectivity index is 1.75. The first-order valence-corrected chi connectivity index (χ1v) is 9.65. The van der Waals surface area contributed by atoms with Crippen LogP contribution in [0.5, 0.6) is 11.5 Å². The topological polar surface area (TPSA) is 99.0 Å². The van der Waals surface area contributed by atoms with Crippen molar-refractivity contribution in [1.82, 2.24) is 9.97 Å². The molecule has 1 aliphatic rings. The number of aromatic nitrogens is 2. The van der Waals surface area contributed by atoms with E-state index in [0.29, 0.717) is 77.6 Å². The summed E-state index contributed by atoms with van der Waals surface area (Å²) in [6.45, 7) is 6.15. The maximum absolute atomic E-state index is 13.2. The lowest BCUT2D eigenvalue weighted by molar-refractivity contribution is 0.102. The Bertz CT molecular complexity index is 1090. The molecule has 0 saturated carbocycles. The van der Waals surface area contributed by atoms with E-state index in [0.717, 1.165) is 0 Å². The molecule has 3 aromatic rings. The highest BCUT2D eigenvalue weighted by Gasteiger charge is 2.27. The summed E-state index contributed by atoms with van der Waals surface area (Å²) in [7, 11) is 3.11. The molecule has 0 aliphatic carbocycles. The molecule has 0 bridgehead atoms. The minimum Gasteiger partial charge on any atom is -0.493 e. The van der Waals surface area contributed by atoms with Gasteiger partial charge in [-0.1, -0.05) is 0 Å². The molecular weight excluding hydrogens is 388 g/mol. The second-order valence-corrected chi connectivity index (χ2v) is 6.93. The molecule has 9 heteroatoms. The van der Waals surface area contributed by atoms with Crippen molar-refractivity contribution in [3.05, 3.63) is 35.3 Å². The normalized spacial score (nSPS) is 14.1. The van der Waals surface area contributed by atoms with E-state index >= 15 is 0 Å². The van der Waals surface area contributed by atoms with Crippen molar-refractivity contribution in [1.29, 1.82) is 0 Å². The molecule has 4 rings (SSSR count). The van der Waals surface area contributed by atoms with Crippen molar-refractivity contribution >= 4 is 28.5 Å². The third kappa shape index (κ3) is 3.63. The lowest BCUT2D eigenvalue weighted by Crippen LogP contribution is -2.37. The summed E-state index contributed by atoms with van der Waals surface area (Å²) in [6.07, 6.45) is 0. The van der Waals surface area contributed by atoms with Gasteiger partial charge in [-0.05, 0) is 26.0 Å². The minimum absolute atomic E-state index is 0.305. The van der Waals surface area contributed by atoms with Crippen LogP contribution in [-0.2, 0) is 4.74 Å². The van der Waals surface area contributed by atoms with Crippen molar-refractivity contribution in [2.24, 2.45) is 0 Å². The number of fused-ring (bicyclic) bond motifs is 1. The summed E-state index contributed by atoms with van der Waals surface area (Å²) >= 11 is 0. The molecule has 1 fully saturated rings. The molecule has 30 heavy (non-hydrogen) atoms. The fourth-order valence-corrected chi connectivity index (χ4v) is 3.58. The lowest BCUT2D eigenvalue weighted by Gasteiger charge is -2.28. The van der Waals surface area contributed by atoms with Crippen molar-refractivity contribution in [3.8, 4) is 11.5 Å². The van der Waals surface area contributed by atoms with Gasteiger partial charge >= 0.3 is 0 Å². The largest absolute Gasteiger partial charge is 0.493 e. The number of benzene rings is 1. The number of nitrogens with one attached hydrogen (secondary N) is 1. The van der Waals surface area contributed by atoms with Crippen molar-refractivity contribution in [3.63, 3.8) is 0 Å². The fourth-order valence-electron chi connectivity index (χ4n) is 3.58. The van der Waals surface area contributed by atoms with Crippen LogP contribution in [0.4, 0.5) is 11.5 Å². The minimum atomic E-state index is -0.305. The maximum Gasteiger partial charge on any atom is 0.260 e. The van der Waals surface area contributed by atoms with Gasteiger partial charge in [0, 0.05) is 24.8 Å². The van der Waals surface area contributed by atoms with Gasteiger partial charge in [-0.2, -0.15) is 4.98 Å². The van der Waals surface area contributed by atoms with Gasteiger partial charge in [-0.15, -0.1) is 0 Å². The molecule has 0 unspecified atom stereocenters. The van der Waals surface area contributed by atoms with E-state index in [1.165, 1.54) is 0 Å². The van der Waals surface area contributed by atoms with E-state index in [1.807, 2.05) is 6.92 Å². The van der Waals surface area contributed by atoms with Crippen molar-refractivity contribution in [2.75, 3.05) is 50.7 Å². The number of amides is 1. The van der Waals surface area contributed by atoms with E-state index in [4.69, 9.17) is 18.6 Å². The Labute approximate surface area is 173 Å². The highest BCUT2D eigenvalue weighted by atomic mass is 16.5. The van der Waals surface area contributed by atoms with E-state index in [-0.39, 0.29) is 5.91 Å². The smallest absolute Gasteiger partial charge is 0.260 e. The van der Waals surface area contributed by atoms with Gasteiger partial charge in [-0.3, -0.25) is 4.79 Å². The summed E-state index contributed by atoms with van der Waals surface area (Å²) in [4.78, 5) is 24.4. The number of hydrogen-bond acceptors (Lipinski definition) is 8. The summed E-state index contributed by atoms with van der Waals surface area (Å²) in [5.74, 6) is 2.56. The number of nitrogens with zero attached hydrogens (tertiary/aromatic N) is 3. The summed E-state index contributed by atoms with van der Waals surface area (Å²) in [5.41, 5.74) is 1.40. The predicted octanol–water partition coefficient (Wildman–Crippen LogP) is 2.95. The fraction of sp³-hybridized carbons (Fsp3) is 0.381. The standard InChI is InChI=1S/C21H24N4O5/c1-12-17(20(26)24-14-5-6-15(27-3)16(11-14)28-4)18-19(25-7-9-29-10-8-25)22-13(2)23-21(18)30-12/h5-6,11H,7-10H2,1-4H3,(H,24,26). The van der Waals surface area contributed by atoms with Gasteiger partial charge in [-0.25, -0.2) is 4.98 Å². The van der Waals surface area contributed by atoms with Crippen LogP contribution in [-0.4, -0.2) is 56.4 Å². The number of anilines is 2. The molecule has 1 saturated heterocycles. The number of carbonyl (C=O) groups excluding carboxylic acids is 1. The zero-order valence-corrected chi connectivity index (χ0v) is 17.4. The first kappa shape index (κ1) is 20.0. The second kappa shape index (κ2) is 8.19. The molecule has 1 aliphatic heterocycles. The SMILES string of the molecule is COc1ccc(NC(=O)c2c(C)oc3nc(C)nc(N4CCOCC4)c23)cc1OC. The van der Waals surface area contributed by atoms with Crippen LogP contribution in [0.1, 0.15) is 21.9 Å². The van der Waals surface area contributed by atoms with Gasteiger partial charge in [0.2, 0.25) is 5.71 Å². The third-order valence-electron chi connectivity index (χ3n) is 5.00. The van der Waals surface area contributed by atoms with Crippen LogP contribution < -0.4 is 19.7 Å². The Kier molecular flexibility index (Phi) is 5.45. The average molecular weight is 412 g/mol. The van der Waals surface area contributed by atoms with Gasteiger partial charge in [0.15, 0.2) is 11.5 Å². The maximum atomic E-state index is 13.2. The quantitative estimate of drug-likeness (QED) is 0.683. The molecule has 1 N–H and O–H groups in total. The highest BCUT2D eigenvalue weighted by Crippen LogP contribution is 2.34. The first-order valence-electron chi connectivity index (χ1n) is 9.65. The number of hydrogen-bond donors (Lipinski definition) is 1.